The van der Waals surface area contributed by atoms with Crippen LogP contribution >= 0.6 is 0 Å². The quantitative estimate of drug-likeness (QED) is 0.669. The highest BCUT2D eigenvalue weighted by atomic mass is 16.3. The Kier molecular flexibility index (Phi) is 2.55. The van der Waals surface area contributed by atoms with Gasteiger partial charge in [0.25, 0.3) is 5.56 Å². The second-order valence-corrected chi connectivity index (χ2v) is 2.77. The lowest BCUT2D eigenvalue weighted by Gasteiger charge is -1.98. The number of aliphatic hydroxyl groups is 1. The molecule has 0 aromatic carbocycles. The molecule has 0 radical (unpaired) electrons. The van der Waals surface area contributed by atoms with Crippen LogP contribution in [0.15, 0.2) is 23.0 Å². The zero-order valence-electron chi connectivity index (χ0n) is 7.11. The van der Waals surface area contributed by atoms with Crippen LogP contribution in [0.3, 0.4) is 0 Å². The molecule has 0 aliphatic heterocycles. The molecule has 64 valence electrons. The Labute approximate surface area is 70.7 Å². The Hall–Kier alpha value is -1.22. The molecule has 1 aromatic heterocycles. The van der Waals surface area contributed by atoms with Crippen LogP contribution < -0.4 is 5.56 Å². The van der Waals surface area contributed by atoms with Crippen LogP contribution in [0.2, 0.25) is 0 Å². The van der Waals surface area contributed by atoms with Gasteiger partial charge in [0, 0.05) is 6.07 Å². The van der Waals surface area contributed by atoms with E-state index in [1.165, 1.54) is 6.07 Å². The summed E-state index contributed by atoms with van der Waals surface area (Å²) in [6.07, 6.45) is -0.691. The van der Waals surface area contributed by atoms with Gasteiger partial charge in [0.1, 0.15) is 0 Å². The number of rotatable bonds is 1. The Morgan fingerprint density at radius 3 is 2.75 bits per heavy atom. The summed E-state index contributed by atoms with van der Waals surface area (Å²) in [4.78, 5) is 14.6. The van der Waals surface area contributed by atoms with Gasteiger partial charge < -0.3 is 5.11 Å². The molecule has 0 saturated carbocycles. The second kappa shape index (κ2) is 3.45. The van der Waals surface area contributed by atoms with Gasteiger partial charge in [-0.25, -0.2) is 4.98 Å². The summed E-state index contributed by atoms with van der Waals surface area (Å²) in [5.41, 5.74) is 1.02. The van der Waals surface area contributed by atoms with Crippen LogP contribution in [0.1, 0.15) is 24.3 Å². The van der Waals surface area contributed by atoms with Crippen LogP contribution in [0.25, 0.3) is 0 Å². The van der Waals surface area contributed by atoms with Crippen molar-refractivity contribution < 1.29 is 5.11 Å². The highest BCUT2D eigenvalue weighted by Crippen LogP contribution is 2.06. The Balaban J connectivity index is 3.33. The van der Waals surface area contributed by atoms with Gasteiger partial charge in [-0.05, 0) is 25.5 Å². The molecule has 1 aromatic rings. The van der Waals surface area contributed by atoms with Crippen molar-refractivity contribution in [1.82, 2.24) is 4.98 Å². The molecular formula is C9H11NO2. The summed E-state index contributed by atoms with van der Waals surface area (Å²) in [7, 11) is 0. The summed E-state index contributed by atoms with van der Waals surface area (Å²) >= 11 is 0. The van der Waals surface area contributed by atoms with Gasteiger partial charge in [-0.15, -0.1) is 0 Å². The van der Waals surface area contributed by atoms with Crippen molar-refractivity contribution in [2.75, 3.05) is 0 Å². The fourth-order valence-corrected chi connectivity index (χ4v) is 0.895. The van der Waals surface area contributed by atoms with E-state index in [-0.39, 0.29) is 5.56 Å². The van der Waals surface area contributed by atoms with Gasteiger partial charge in [-0.3, -0.25) is 4.79 Å². The van der Waals surface area contributed by atoms with Crippen LogP contribution in [0.5, 0.6) is 0 Å². The summed E-state index contributed by atoms with van der Waals surface area (Å²) in [5, 5.41) is 9.18. The lowest BCUT2D eigenvalue weighted by Crippen LogP contribution is -2.04. The van der Waals surface area contributed by atoms with Crippen molar-refractivity contribution in [1.29, 1.82) is 0 Å². The molecule has 3 heteroatoms. The molecule has 1 N–H and O–H groups in total. The molecule has 0 saturated heterocycles. The Morgan fingerprint density at radius 2 is 2.17 bits per heavy atom. The average molecular weight is 165 g/mol. The maximum atomic E-state index is 10.9. The third-order valence-corrected chi connectivity index (χ3v) is 1.53. The minimum atomic E-state index is -0.691. The molecule has 12 heavy (non-hydrogen) atoms. The topological polar surface area (TPSA) is 50.2 Å². The number of nitrogens with zero attached hydrogens (tertiary/aromatic N) is 1. The zero-order chi connectivity index (χ0) is 9.14. The molecule has 0 spiro atoms. The maximum absolute atomic E-state index is 10.9. The van der Waals surface area contributed by atoms with Crippen LogP contribution in [0, 0.1) is 6.92 Å². The smallest absolute Gasteiger partial charge is 0.270 e. The molecule has 1 rings (SSSR count). The number of aromatic nitrogens is 1. The van der Waals surface area contributed by atoms with Crippen molar-refractivity contribution in [3.63, 3.8) is 0 Å². The van der Waals surface area contributed by atoms with E-state index in [4.69, 9.17) is 0 Å². The molecule has 0 bridgehead atoms. The lowest BCUT2D eigenvalue weighted by molar-refractivity contribution is 0.194. The van der Waals surface area contributed by atoms with Gasteiger partial charge in [-0.2, -0.15) is 0 Å². The minimum absolute atomic E-state index is 0.320. The molecule has 0 amide bonds. The van der Waals surface area contributed by atoms with Gasteiger partial charge in [0.2, 0.25) is 0 Å². The monoisotopic (exact) mass is 165 g/mol. The minimum Gasteiger partial charge on any atom is -0.387 e. The molecule has 1 atom stereocenters. The zero-order valence-corrected chi connectivity index (χ0v) is 7.11. The number of aliphatic hydroxyl groups excluding tert-OH is 1. The van der Waals surface area contributed by atoms with Gasteiger partial charge in [0.15, 0.2) is 0 Å². The summed E-state index contributed by atoms with van der Waals surface area (Å²) in [6.45, 7) is 3.44. The first kappa shape index (κ1) is 8.87. The van der Waals surface area contributed by atoms with Gasteiger partial charge >= 0.3 is 0 Å². The molecule has 3 nitrogen and oxygen atoms in total. The fourth-order valence-electron chi connectivity index (χ4n) is 0.895. The third-order valence-electron chi connectivity index (χ3n) is 1.53. The van der Waals surface area contributed by atoms with E-state index in [0.717, 1.165) is 5.56 Å². The average Bonchev–Trinajstić information content (AvgIpc) is 2.13. The molecular weight excluding hydrogens is 154 g/mol. The first-order valence-electron chi connectivity index (χ1n) is 3.76. The highest BCUT2D eigenvalue weighted by molar-refractivity contribution is 5.15. The van der Waals surface area contributed by atoms with E-state index in [9.17, 15) is 9.90 Å². The molecule has 0 aliphatic rings. The van der Waals surface area contributed by atoms with Crippen LogP contribution in [-0.2, 0) is 0 Å². The summed E-state index contributed by atoms with van der Waals surface area (Å²) in [5.74, 6) is 0. The normalized spacial score (nSPS) is 12.6. The Bertz CT molecular complexity index is 334. The van der Waals surface area contributed by atoms with E-state index in [1.807, 2.05) is 6.92 Å². The molecule has 1 unspecified atom stereocenters. The standard InChI is InChI=1S/C9H11NO2/c1-6-3-4-9(12)10-8(5-6)7(2)11/h3-5,7,11H,1-2H3. The molecule has 0 fully saturated rings. The SMILES string of the molecule is Cc1ccc(=O)nc(C(C)O)c1. The van der Waals surface area contributed by atoms with Crippen LogP contribution in [0.4, 0.5) is 0 Å². The highest BCUT2D eigenvalue weighted by Gasteiger charge is 2.01. The van der Waals surface area contributed by atoms with Crippen molar-refractivity contribution in [3.05, 3.63) is 39.8 Å². The van der Waals surface area contributed by atoms with Crippen LogP contribution in [-0.4, -0.2) is 10.1 Å². The summed E-state index contributed by atoms with van der Waals surface area (Å²) < 4.78 is 0. The van der Waals surface area contributed by atoms with Gasteiger partial charge in [0.05, 0.1) is 11.8 Å². The van der Waals surface area contributed by atoms with E-state index in [2.05, 4.69) is 4.98 Å². The van der Waals surface area contributed by atoms with E-state index < -0.39 is 6.10 Å². The number of hydrogen-bond donors (Lipinski definition) is 1. The van der Waals surface area contributed by atoms with Crippen molar-refractivity contribution in [3.8, 4) is 0 Å². The van der Waals surface area contributed by atoms with E-state index in [1.54, 1.807) is 19.1 Å². The van der Waals surface area contributed by atoms with E-state index in [0.29, 0.717) is 5.69 Å². The lowest BCUT2D eigenvalue weighted by atomic mass is 10.2. The van der Waals surface area contributed by atoms with Crippen molar-refractivity contribution >= 4 is 0 Å². The molecule has 0 aliphatic carbocycles. The predicted molar refractivity (Wildman–Crippen MR) is 45.9 cm³/mol. The van der Waals surface area contributed by atoms with Gasteiger partial charge in [-0.1, -0.05) is 6.07 Å². The molecule has 1 heterocycles. The van der Waals surface area contributed by atoms with E-state index >= 15 is 0 Å². The number of hydrogen-bond acceptors (Lipinski definition) is 3. The first-order chi connectivity index (χ1) is 5.59. The fraction of sp³-hybridized carbons (Fsp3) is 0.333. The predicted octanol–water partition coefficient (Wildman–Crippen LogP) is 0.804. The number of aryl methyl sites for hydroxylation is 1. The largest absolute Gasteiger partial charge is 0.387 e. The van der Waals surface area contributed by atoms with Crippen molar-refractivity contribution in [2.24, 2.45) is 0 Å². The first-order valence-corrected chi connectivity index (χ1v) is 3.76. The Morgan fingerprint density at radius 1 is 1.50 bits per heavy atom. The summed E-state index contributed by atoms with van der Waals surface area (Å²) in [6, 6.07) is 4.77. The third kappa shape index (κ3) is 2.13. The second-order valence-electron chi connectivity index (χ2n) is 2.77. The van der Waals surface area contributed by atoms with Crippen molar-refractivity contribution in [2.45, 2.75) is 20.0 Å². The maximum Gasteiger partial charge on any atom is 0.270 e.